The van der Waals surface area contributed by atoms with Gasteiger partial charge in [0.15, 0.2) is 0 Å². The number of aromatic nitrogens is 4. The van der Waals surface area contributed by atoms with E-state index in [0.717, 1.165) is 31.0 Å². The van der Waals surface area contributed by atoms with Crippen molar-refractivity contribution in [2.24, 2.45) is 0 Å². The van der Waals surface area contributed by atoms with E-state index in [1.165, 1.54) is 11.1 Å². The van der Waals surface area contributed by atoms with Crippen molar-refractivity contribution in [2.45, 2.75) is 26.3 Å². The molecule has 0 atom stereocenters. The maximum atomic E-state index is 4.21. The van der Waals surface area contributed by atoms with E-state index < -0.39 is 0 Å². The molecule has 3 rings (SSSR count). The van der Waals surface area contributed by atoms with Crippen LogP contribution in [-0.4, -0.2) is 19.7 Å². The first kappa shape index (κ1) is 8.59. The summed E-state index contributed by atoms with van der Waals surface area (Å²) in [5.74, 6) is 2.14. The Labute approximate surface area is 88.0 Å². The maximum absolute atomic E-state index is 4.21. The SMILES string of the molecule is CCc1nnc2n1Cc1ccncc1C2. The molecule has 1 aliphatic heterocycles. The Hall–Kier alpha value is -1.71. The highest BCUT2D eigenvalue weighted by molar-refractivity contribution is 5.30. The second-order valence-electron chi connectivity index (χ2n) is 3.79. The monoisotopic (exact) mass is 200 g/mol. The van der Waals surface area contributed by atoms with E-state index in [4.69, 9.17) is 0 Å². The Kier molecular flexibility index (Phi) is 1.80. The van der Waals surface area contributed by atoms with E-state index in [9.17, 15) is 0 Å². The zero-order chi connectivity index (χ0) is 10.3. The van der Waals surface area contributed by atoms with E-state index in [2.05, 4.69) is 32.7 Å². The lowest BCUT2D eigenvalue weighted by Gasteiger charge is -2.17. The Morgan fingerprint density at radius 3 is 3.13 bits per heavy atom. The van der Waals surface area contributed by atoms with Crippen molar-refractivity contribution < 1.29 is 0 Å². The van der Waals surface area contributed by atoms with Gasteiger partial charge in [0, 0.05) is 25.2 Å². The zero-order valence-electron chi connectivity index (χ0n) is 8.64. The minimum absolute atomic E-state index is 0.857. The number of rotatable bonds is 1. The first-order valence-electron chi connectivity index (χ1n) is 5.21. The van der Waals surface area contributed by atoms with Crippen LogP contribution in [0.4, 0.5) is 0 Å². The first-order chi connectivity index (χ1) is 7.38. The highest BCUT2D eigenvalue weighted by Gasteiger charge is 2.18. The normalized spacial score (nSPS) is 13.4. The molecule has 0 N–H and O–H groups in total. The van der Waals surface area contributed by atoms with Gasteiger partial charge in [0.05, 0.1) is 6.54 Å². The molecule has 0 saturated heterocycles. The number of hydrogen-bond donors (Lipinski definition) is 0. The number of aryl methyl sites for hydroxylation is 1. The summed E-state index contributed by atoms with van der Waals surface area (Å²) in [6.07, 6.45) is 5.57. The van der Waals surface area contributed by atoms with Gasteiger partial charge in [0.25, 0.3) is 0 Å². The molecule has 3 heterocycles. The van der Waals surface area contributed by atoms with Crippen molar-refractivity contribution >= 4 is 0 Å². The second-order valence-corrected chi connectivity index (χ2v) is 3.79. The van der Waals surface area contributed by atoms with Gasteiger partial charge in [-0.3, -0.25) is 4.98 Å². The molecule has 76 valence electrons. The smallest absolute Gasteiger partial charge is 0.137 e. The van der Waals surface area contributed by atoms with Gasteiger partial charge < -0.3 is 4.57 Å². The third-order valence-electron chi connectivity index (χ3n) is 2.90. The third kappa shape index (κ3) is 1.25. The summed E-state index contributed by atoms with van der Waals surface area (Å²) in [5, 5.41) is 8.40. The summed E-state index contributed by atoms with van der Waals surface area (Å²) >= 11 is 0. The van der Waals surface area contributed by atoms with Crippen molar-refractivity contribution in [3.63, 3.8) is 0 Å². The Morgan fingerprint density at radius 1 is 1.33 bits per heavy atom. The van der Waals surface area contributed by atoms with Gasteiger partial charge in [-0.25, -0.2) is 0 Å². The molecule has 2 aromatic rings. The molecule has 2 aromatic heterocycles. The second kappa shape index (κ2) is 3.15. The van der Waals surface area contributed by atoms with Crippen LogP contribution in [0.2, 0.25) is 0 Å². The molecule has 1 aliphatic rings. The van der Waals surface area contributed by atoms with Crippen LogP contribution in [0.25, 0.3) is 0 Å². The molecular weight excluding hydrogens is 188 g/mol. The summed E-state index contributed by atoms with van der Waals surface area (Å²) in [7, 11) is 0. The molecule has 4 nitrogen and oxygen atoms in total. The maximum Gasteiger partial charge on any atom is 0.137 e. The van der Waals surface area contributed by atoms with Gasteiger partial charge in [-0.05, 0) is 17.2 Å². The Balaban J connectivity index is 2.09. The number of fused-ring (bicyclic) bond motifs is 2. The number of hydrogen-bond acceptors (Lipinski definition) is 3. The average Bonchev–Trinajstić information content (AvgIpc) is 2.68. The summed E-state index contributed by atoms with van der Waals surface area (Å²) < 4.78 is 2.21. The van der Waals surface area contributed by atoms with Gasteiger partial charge in [-0.15, -0.1) is 10.2 Å². The van der Waals surface area contributed by atoms with E-state index in [1.807, 2.05) is 12.4 Å². The Bertz CT molecular complexity index is 501. The highest BCUT2D eigenvalue weighted by Crippen LogP contribution is 2.20. The average molecular weight is 200 g/mol. The molecule has 0 amide bonds. The molecule has 0 fully saturated rings. The van der Waals surface area contributed by atoms with Gasteiger partial charge in [-0.2, -0.15) is 0 Å². The summed E-state index contributed by atoms with van der Waals surface area (Å²) in [5.41, 5.74) is 2.62. The van der Waals surface area contributed by atoms with Crippen molar-refractivity contribution in [3.05, 3.63) is 41.2 Å². The quantitative estimate of drug-likeness (QED) is 0.592. The Morgan fingerprint density at radius 2 is 2.27 bits per heavy atom. The minimum Gasteiger partial charge on any atom is -0.310 e. The highest BCUT2D eigenvalue weighted by atomic mass is 15.3. The lowest BCUT2D eigenvalue weighted by atomic mass is 10.0. The molecule has 0 spiro atoms. The first-order valence-corrected chi connectivity index (χ1v) is 5.21. The largest absolute Gasteiger partial charge is 0.310 e. The van der Waals surface area contributed by atoms with Crippen molar-refractivity contribution in [2.75, 3.05) is 0 Å². The molecule has 15 heavy (non-hydrogen) atoms. The molecule has 4 heteroatoms. The van der Waals surface area contributed by atoms with Crippen molar-refractivity contribution in [1.82, 2.24) is 19.7 Å². The van der Waals surface area contributed by atoms with Crippen LogP contribution in [0.3, 0.4) is 0 Å². The van der Waals surface area contributed by atoms with E-state index in [0.29, 0.717) is 0 Å². The fourth-order valence-corrected chi connectivity index (χ4v) is 2.06. The summed E-state index contributed by atoms with van der Waals surface area (Å²) in [6, 6.07) is 2.08. The van der Waals surface area contributed by atoms with Crippen LogP contribution in [0.5, 0.6) is 0 Å². The lowest BCUT2D eigenvalue weighted by Crippen LogP contribution is -2.16. The van der Waals surface area contributed by atoms with Crippen molar-refractivity contribution in [3.8, 4) is 0 Å². The molecule has 0 radical (unpaired) electrons. The van der Waals surface area contributed by atoms with Gasteiger partial charge in [0.2, 0.25) is 0 Å². The fourth-order valence-electron chi connectivity index (χ4n) is 2.06. The molecule has 0 saturated carbocycles. The van der Waals surface area contributed by atoms with Gasteiger partial charge in [0.1, 0.15) is 11.6 Å². The van der Waals surface area contributed by atoms with Crippen LogP contribution < -0.4 is 0 Å². The summed E-state index contributed by atoms with van der Waals surface area (Å²) in [4.78, 5) is 4.14. The number of pyridine rings is 1. The predicted octanol–water partition coefficient (Wildman–Crippen LogP) is 1.19. The molecular formula is C11H12N4. The summed E-state index contributed by atoms with van der Waals surface area (Å²) in [6.45, 7) is 3.00. The van der Waals surface area contributed by atoms with Crippen LogP contribution >= 0.6 is 0 Å². The lowest BCUT2D eigenvalue weighted by molar-refractivity contribution is 0.665. The fraction of sp³-hybridized carbons (Fsp3) is 0.364. The van der Waals surface area contributed by atoms with Crippen molar-refractivity contribution in [1.29, 1.82) is 0 Å². The van der Waals surface area contributed by atoms with E-state index in [1.54, 1.807) is 0 Å². The van der Waals surface area contributed by atoms with Gasteiger partial charge in [-0.1, -0.05) is 6.92 Å². The molecule has 0 aliphatic carbocycles. The van der Waals surface area contributed by atoms with Crippen LogP contribution in [-0.2, 0) is 19.4 Å². The van der Waals surface area contributed by atoms with Gasteiger partial charge >= 0.3 is 0 Å². The predicted molar refractivity (Wildman–Crippen MR) is 55.5 cm³/mol. The van der Waals surface area contributed by atoms with E-state index in [-0.39, 0.29) is 0 Å². The standard InChI is InChI=1S/C11H12N4/c1-2-10-13-14-11-5-9-6-12-4-3-8(9)7-15(10)11/h3-4,6H,2,5,7H2,1H3. The number of nitrogens with zero attached hydrogens (tertiary/aromatic N) is 4. The van der Waals surface area contributed by atoms with E-state index >= 15 is 0 Å². The zero-order valence-corrected chi connectivity index (χ0v) is 8.64. The van der Waals surface area contributed by atoms with Crippen LogP contribution in [0, 0.1) is 0 Å². The minimum atomic E-state index is 0.857. The third-order valence-corrected chi connectivity index (χ3v) is 2.90. The van der Waals surface area contributed by atoms with Crippen LogP contribution in [0.1, 0.15) is 29.7 Å². The topological polar surface area (TPSA) is 43.6 Å². The van der Waals surface area contributed by atoms with Crippen LogP contribution in [0.15, 0.2) is 18.5 Å². The molecule has 0 unspecified atom stereocenters. The molecule has 0 bridgehead atoms. The molecule has 0 aromatic carbocycles.